The number of hydrogen-bond donors (Lipinski definition) is 1. The van der Waals surface area contributed by atoms with Gasteiger partial charge in [0.15, 0.2) is 0 Å². The normalized spacial score (nSPS) is 19.8. The topological polar surface area (TPSA) is 40.5 Å². The standard InChI is InChI=1S/C13H19NO2S/c15-10-11-4-2-8-14(11)13(16)7-1-5-12-6-3-9-17-12/h3,6,9,11,15H,1-2,4-5,7-8,10H2. The predicted octanol–water partition coefficient (Wildman–Crippen LogP) is 2.05. The number of likely N-dealkylation sites (tertiary alicyclic amines) is 1. The number of amides is 1. The maximum absolute atomic E-state index is 12.0. The summed E-state index contributed by atoms with van der Waals surface area (Å²) in [5.74, 6) is 0.207. The molecule has 1 unspecified atom stereocenters. The van der Waals surface area contributed by atoms with Crippen LogP contribution < -0.4 is 0 Å². The molecular formula is C13H19NO2S. The molecule has 2 rings (SSSR count). The van der Waals surface area contributed by atoms with E-state index in [4.69, 9.17) is 5.11 Å². The molecule has 1 aromatic heterocycles. The largest absolute Gasteiger partial charge is 0.394 e. The number of carbonyl (C=O) groups is 1. The molecule has 2 heterocycles. The lowest BCUT2D eigenvalue weighted by Gasteiger charge is -2.22. The molecule has 1 atom stereocenters. The molecule has 1 N–H and O–H groups in total. The zero-order chi connectivity index (χ0) is 12.1. The Morgan fingerprint density at radius 2 is 2.47 bits per heavy atom. The Morgan fingerprint density at radius 3 is 3.18 bits per heavy atom. The first-order valence-corrected chi connectivity index (χ1v) is 7.12. The highest BCUT2D eigenvalue weighted by Gasteiger charge is 2.27. The molecule has 0 spiro atoms. The van der Waals surface area contributed by atoms with Crippen molar-refractivity contribution in [2.75, 3.05) is 13.2 Å². The van der Waals surface area contributed by atoms with Gasteiger partial charge in [0, 0.05) is 17.8 Å². The van der Waals surface area contributed by atoms with Gasteiger partial charge in [-0.2, -0.15) is 0 Å². The highest BCUT2D eigenvalue weighted by atomic mass is 32.1. The first kappa shape index (κ1) is 12.6. The third-order valence-electron chi connectivity index (χ3n) is 3.30. The van der Waals surface area contributed by atoms with Crippen molar-refractivity contribution < 1.29 is 9.90 Å². The molecule has 1 aliphatic heterocycles. The summed E-state index contributed by atoms with van der Waals surface area (Å²) in [4.78, 5) is 15.2. The van der Waals surface area contributed by atoms with Crippen LogP contribution in [0.25, 0.3) is 0 Å². The Labute approximate surface area is 106 Å². The van der Waals surface area contributed by atoms with Crippen molar-refractivity contribution in [2.24, 2.45) is 0 Å². The smallest absolute Gasteiger partial charge is 0.222 e. The number of hydrogen-bond acceptors (Lipinski definition) is 3. The van der Waals surface area contributed by atoms with E-state index in [1.54, 1.807) is 11.3 Å². The third kappa shape index (κ3) is 3.30. The number of aryl methyl sites for hydroxylation is 1. The van der Waals surface area contributed by atoms with Crippen molar-refractivity contribution in [3.05, 3.63) is 22.4 Å². The van der Waals surface area contributed by atoms with E-state index in [-0.39, 0.29) is 18.6 Å². The third-order valence-corrected chi connectivity index (χ3v) is 4.24. The van der Waals surface area contributed by atoms with E-state index in [9.17, 15) is 4.79 Å². The van der Waals surface area contributed by atoms with E-state index in [1.165, 1.54) is 4.88 Å². The van der Waals surface area contributed by atoms with Crippen LogP contribution in [-0.4, -0.2) is 35.1 Å². The highest BCUT2D eigenvalue weighted by Crippen LogP contribution is 2.19. The summed E-state index contributed by atoms with van der Waals surface area (Å²) in [6, 6.07) is 4.23. The quantitative estimate of drug-likeness (QED) is 0.872. The Balaban J connectivity index is 1.73. The molecule has 94 valence electrons. The molecule has 0 bridgehead atoms. The van der Waals surface area contributed by atoms with E-state index >= 15 is 0 Å². The summed E-state index contributed by atoms with van der Waals surface area (Å²) < 4.78 is 0. The molecule has 1 fully saturated rings. The fourth-order valence-electron chi connectivity index (χ4n) is 2.37. The molecular weight excluding hydrogens is 234 g/mol. The Hall–Kier alpha value is -0.870. The monoisotopic (exact) mass is 253 g/mol. The molecule has 4 heteroatoms. The van der Waals surface area contributed by atoms with E-state index < -0.39 is 0 Å². The van der Waals surface area contributed by atoms with Crippen LogP contribution in [0.5, 0.6) is 0 Å². The summed E-state index contributed by atoms with van der Waals surface area (Å²) in [5.41, 5.74) is 0. The number of aliphatic hydroxyl groups excluding tert-OH is 1. The summed E-state index contributed by atoms with van der Waals surface area (Å²) in [6.07, 6.45) is 4.48. The lowest BCUT2D eigenvalue weighted by atomic mass is 10.2. The average molecular weight is 253 g/mol. The van der Waals surface area contributed by atoms with E-state index in [1.807, 2.05) is 11.0 Å². The van der Waals surface area contributed by atoms with E-state index in [2.05, 4.69) is 11.4 Å². The molecule has 0 saturated carbocycles. The van der Waals surface area contributed by atoms with Crippen molar-refractivity contribution in [2.45, 2.75) is 38.1 Å². The van der Waals surface area contributed by atoms with Gasteiger partial charge in [-0.25, -0.2) is 0 Å². The fraction of sp³-hybridized carbons (Fsp3) is 0.615. The molecule has 0 radical (unpaired) electrons. The summed E-state index contributed by atoms with van der Waals surface area (Å²) in [5, 5.41) is 11.2. The zero-order valence-electron chi connectivity index (χ0n) is 9.97. The molecule has 1 saturated heterocycles. The molecule has 0 aromatic carbocycles. The van der Waals surface area contributed by atoms with Gasteiger partial charge in [0.25, 0.3) is 0 Å². The van der Waals surface area contributed by atoms with Crippen molar-refractivity contribution in [3.8, 4) is 0 Å². The van der Waals surface area contributed by atoms with Crippen LogP contribution in [0, 0.1) is 0 Å². The second-order valence-corrected chi connectivity index (χ2v) is 5.53. The van der Waals surface area contributed by atoms with Crippen LogP contribution in [0.4, 0.5) is 0 Å². The molecule has 1 amide bonds. The Kier molecular flexibility index (Phi) is 4.57. The molecule has 3 nitrogen and oxygen atoms in total. The minimum absolute atomic E-state index is 0.0734. The maximum Gasteiger partial charge on any atom is 0.222 e. The van der Waals surface area contributed by atoms with Gasteiger partial charge in [-0.1, -0.05) is 6.07 Å². The van der Waals surface area contributed by atoms with Crippen LogP contribution >= 0.6 is 11.3 Å². The van der Waals surface area contributed by atoms with Gasteiger partial charge in [-0.15, -0.1) is 11.3 Å². The second-order valence-electron chi connectivity index (χ2n) is 4.50. The number of rotatable bonds is 5. The number of carbonyl (C=O) groups excluding carboxylic acids is 1. The van der Waals surface area contributed by atoms with Crippen LogP contribution in [0.2, 0.25) is 0 Å². The van der Waals surface area contributed by atoms with E-state index in [0.717, 1.165) is 32.2 Å². The van der Waals surface area contributed by atoms with Crippen LogP contribution in [0.15, 0.2) is 17.5 Å². The minimum Gasteiger partial charge on any atom is -0.394 e. The van der Waals surface area contributed by atoms with Crippen molar-refractivity contribution in [1.29, 1.82) is 0 Å². The summed E-state index contributed by atoms with van der Waals surface area (Å²) >= 11 is 1.75. The van der Waals surface area contributed by atoms with Gasteiger partial charge in [0.1, 0.15) is 0 Å². The molecule has 17 heavy (non-hydrogen) atoms. The lowest BCUT2D eigenvalue weighted by Crippen LogP contribution is -2.37. The van der Waals surface area contributed by atoms with Gasteiger partial charge >= 0.3 is 0 Å². The molecule has 1 aliphatic rings. The second kappa shape index (κ2) is 6.17. The SMILES string of the molecule is O=C(CCCc1cccs1)N1CCCC1CO. The average Bonchev–Trinajstić information content (AvgIpc) is 2.99. The van der Waals surface area contributed by atoms with Crippen molar-refractivity contribution in [1.82, 2.24) is 4.90 Å². The van der Waals surface area contributed by atoms with Gasteiger partial charge in [-0.3, -0.25) is 4.79 Å². The van der Waals surface area contributed by atoms with Crippen LogP contribution in [-0.2, 0) is 11.2 Å². The molecule has 1 aromatic rings. The number of thiophene rings is 1. The van der Waals surface area contributed by atoms with E-state index in [0.29, 0.717) is 6.42 Å². The number of aliphatic hydroxyl groups is 1. The van der Waals surface area contributed by atoms with Crippen LogP contribution in [0.1, 0.15) is 30.6 Å². The van der Waals surface area contributed by atoms with Crippen LogP contribution in [0.3, 0.4) is 0 Å². The van der Waals surface area contributed by atoms with Gasteiger partial charge in [0.05, 0.1) is 12.6 Å². The van der Waals surface area contributed by atoms with Crippen molar-refractivity contribution >= 4 is 17.2 Å². The maximum atomic E-state index is 12.0. The zero-order valence-corrected chi connectivity index (χ0v) is 10.8. The Bertz CT molecular complexity index is 350. The lowest BCUT2D eigenvalue weighted by molar-refractivity contribution is -0.132. The summed E-state index contributed by atoms with van der Waals surface area (Å²) in [6.45, 7) is 0.930. The van der Waals surface area contributed by atoms with Gasteiger partial charge < -0.3 is 10.0 Å². The van der Waals surface area contributed by atoms with Crippen molar-refractivity contribution in [3.63, 3.8) is 0 Å². The highest BCUT2D eigenvalue weighted by molar-refractivity contribution is 7.09. The fourth-order valence-corrected chi connectivity index (χ4v) is 3.12. The van der Waals surface area contributed by atoms with Gasteiger partial charge in [0.2, 0.25) is 5.91 Å². The first-order valence-electron chi connectivity index (χ1n) is 6.24. The first-order chi connectivity index (χ1) is 8.31. The predicted molar refractivity (Wildman–Crippen MR) is 69.1 cm³/mol. The Morgan fingerprint density at radius 1 is 1.59 bits per heavy atom. The number of nitrogens with zero attached hydrogens (tertiary/aromatic N) is 1. The molecule has 0 aliphatic carbocycles. The summed E-state index contributed by atoms with van der Waals surface area (Å²) in [7, 11) is 0. The van der Waals surface area contributed by atoms with Gasteiger partial charge in [-0.05, 0) is 37.1 Å². The minimum atomic E-state index is 0.0734.